The number of carbonyl (C=O) groups is 2. The summed E-state index contributed by atoms with van der Waals surface area (Å²) >= 11 is 0. The topological polar surface area (TPSA) is 111 Å². The van der Waals surface area contributed by atoms with Gasteiger partial charge in [-0.15, -0.1) is 0 Å². The Hall–Kier alpha value is -2.03. The van der Waals surface area contributed by atoms with Gasteiger partial charge in [0.1, 0.15) is 19.3 Å². The monoisotopic (exact) mass is 1190 g/mol. The van der Waals surface area contributed by atoms with Gasteiger partial charge in [0.15, 0.2) is 0 Å². The van der Waals surface area contributed by atoms with Crippen molar-refractivity contribution in [2.45, 2.75) is 367 Å². The number of unbranched alkanes of at least 4 members (excludes halogenated alkanes) is 44. The second-order valence-electron chi connectivity index (χ2n) is 25.8. The number of rotatable bonds is 66. The van der Waals surface area contributed by atoms with Gasteiger partial charge in [-0.1, -0.05) is 301 Å². The van der Waals surface area contributed by atoms with E-state index < -0.39 is 20.0 Å². The van der Waals surface area contributed by atoms with Crippen LogP contribution in [0.5, 0.6) is 0 Å². The summed E-state index contributed by atoms with van der Waals surface area (Å²) in [6, 6.07) is -0.848. The molecule has 3 unspecified atom stereocenters. The minimum absolute atomic E-state index is 0.0415. The van der Waals surface area contributed by atoms with Gasteiger partial charge in [-0.05, 0) is 89.5 Å². The number of phosphoric acid groups is 1. The second kappa shape index (κ2) is 63.0. The highest BCUT2D eigenvalue weighted by atomic mass is 31.2. The Labute approximate surface area is 516 Å². The molecule has 0 aromatic carbocycles. The first kappa shape index (κ1) is 81.0. The quantitative estimate of drug-likeness (QED) is 0.0205. The van der Waals surface area contributed by atoms with Crippen LogP contribution in [0.15, 0.2) is 48.6 Å². The molecule has 0 rings (SSSR count). The van der Waals surface area contributed by atoms with Crippen LogP contribution in [0.3, 0.4) is 0 Å². The summed E-state index contributed by atoms with van der Waals surface area (Å²) < 4.78 is 30.9. The summed E-state index contributed by atoms with van der Waals surface area (Å²) in [6.07, 6.45) is 79.7. The van der Waals surface area contributed by atoms with Crippen LogP contribution in [0, 0.1) is 0 Å². The van der Waals surface area contributed by atoms with Crippen molar-refractivity contribution in [3.63, 3.8) is 0 Å². The molecule has 9 nitrogen and oxygen atoms in total. The van der Waals surface area contributed by atoms with Crippen LogP contribution in [0.2, 0.25) is 0 Å². The number of amides is 1. The van der Waals surface area contributed by atoms with Crippen LogP contribution in [0.4, 0.5) is 0 Å². The molecule has 488 valence electrons. The molecule has 0 bridgehead atoms. The first-order chi connectivity index (χ1) is 40.4. The number of esters is 1. The maximum absolute atomic E-state index is 13.6. The van der Waals surface area contributed by atoms with Gasteiger partial charge in [-0.3, -0.25) is 18.6 Å². The molecule has 0 fully saturated rings. The molecule has 1 amide bonds. The zero-order valence-electron chi connectivity index (χ0n) is 56.0. The van der Waals surface area contributed by atoms with Crippen molar-refractivity contribution in [3.05, 3.63) is 48.6 Å². The zero-order valence-corrected chi connectivity index (χ0v) is 56.8. The molecule has 10 heteroatoms. The molecule has 0 heterocycles. The minimum Gasteiger partial charge on any atom is -0.456 e. The lowest BCUT2D eigenvalue weighted by Crippen LogP contribution is -2.47. The number of quaternary nitrogens is 1. The molecule has 0 saturated heterocycles. The molecular weight excluding hydrogens is 1050 g/mol. The van der Waals surface area contributed by atoms with Gasteiger partial charge in [-0.25, -0.2) is 4.57 Å². The van der Waals surface area contributed by atoms with Crippen LogP contribution in [0.25, 0.3) is 0 Å². The average molecular weight is 1190 g/mol. The number of phosphoric ester groups is 1. The molecule has 0 aliphatic heterocycles. The smallest absolute Gasteiger partial charge is 0.456 e. The van der Waals surface area contributed by atoms with Crippen molar-refractivity contribution in [2.75, 3.05) is 40.9 Å². The number of ether oxygens (including phenoxy) is 1. The van der Waals surface area contributed by atoms with Crippen LogP contribution in [0.1, 0.15) is 355 Å². The highest BCUT2D eigenvalue weighted by molar-refractivity contribution is 7.47. The Morgan fingerprint density at radius 2 is 0.735 bits per heavy atom. The fourth-order valence-electron chi connectivity index (χ4n) is 10.7. The maximum Gasteiger partial charge on any atom is 0.472 e. The highest BCUT2D eigenvalue weighted by Gasteiger charge is 2.30. The number of hydrogen-bond acceptors (Lipinski definition) is 6. The lowest BCUT2D eigenvalue weighted by Gasteiger charge is -2.27. The molecule has 0 spiro atoms. The number of hydrogen-bond donors (Lipinski definition) is 2. The summed E-state index contributed by atoms with van der Waals surface area (Å²) in [4.78, 5) is 37.9. The molecule has 83 heavy (non-hydrogen) atoms. The van der Waals surface area contributed by atoms with Crippen molar-refractivity contribution >= 4 is 19.7 Å². The molecule has 0 aliphatic carbocycles. The zero-order chi connectivity index (χ0) is 60.7. The van der Waals surface area contributed by atoms with Gasteiger partial charge in [0.2, 0.25) is 5.91 Å². The third-order valence-electron chi connectivity index (χ3n) is 16.2. The van der Waals surface area contributed by atoms with E-state index in [4.69, 9.17) is 13.8 Å². The first-order valence-electron chi connectivity index (χ1n) is 36.0. The minimum atomic E-state index is -4.45. The average Bonchev–Trinajstić information content (AvgIpc) is 3.46. The second-order valence-corrected chi connectivity index (χ2v) is 27.2. The summed E-state index contributed by atoms with van der Waals surface area (Å²) in [5, 5.41) is 3.08. The summed E-state index contributed by atoms with van der Waals surface area (Å²) in [6.45, 7) is 7.04. The Kier molecular flexibility index (Phi) is 61.5. The number of nitrogens with one attached hydrogen (secondary N) is 1. The van der Waals surface area contributed by atoms with E-state index >= 15 is 0 Å². The number of likely N-dealkylation sites (N-methyl/N-ethyl adjacent to an activating group) is 1. The van der Waals surface area contributed by atoms with Crippen molar-refractivity contribution in [1.29, 1.82) is 0 Å². The molecule has 0 saturated carbocycles. The Balaban J connectivity index is 5.06. The van der Waals surface area contributed by atoms with Crippen molar-refractivity contribution in [3.8, 4) is 0 Å². The van der Waals surface area contributed by atoms with E-state index in [9.17, 15) is 19.0 Å². The van der Waals surface area contributed by atoms with Crippen molar-refractivity contribution in [1.82, 2.24) is 5.32 Å². The molecule has 0 radical (unpaired) electrons. The Bertz CT molecular complexity index is 1560. The van der Waals surface area contributed by atoms with E-state index in [1.165, 1.54) is 257 Å². The van der Waals surface area contributed by atoms with Gasteiger partial charge < -0.3 is 19.4 Å². The van der Waals surface area contributed by atoms with Gasteiger partial charge >= 0.3 is 13.8 Å². The number of nitrogens with zero attached hydrogens (tertiary/aromatic N) is 1. The lowest BCUT2D eigenvalue weighted by atomic mass is 10.0. The number of carbonyl (C=O) groups excluding carboxylic acids is 2. The molecule has 0 aromatic rings. The molecule has 0 aromatic heterocycles. The Morgan fingerprint density at radius 1 is 0.422 bits per heavy atom. The van der Waals surface area contributed by atoms with Gasteiger partial charge in [0.25, 0.3) is 0 Å². The fraction of sp³-hybridized carbons (Fsp3) is 0.863. The van der Waals surface area contributed by atoms with E-state index in [1.807, 2.05) is 33.3 Å². The molecule has 3 atom stereocenters. The van der Waals surface area contributed by atoms with Crippen LogP contribution in [-0.2, 0) is 27.9 Å². The van der Waals surface area contributed by atoms with E-state index in [1.54, 1.807) is 0 Å². The lowest BCUT2D eigenvalue weighted by molar-refractivity contribution is -0.870. The molecular formula is C73H140N2O7P+. The van der Waals surface area contributed by atoms with Crippen LogP contribution >= 0.6 is 7.82 Å². The van der Waals surface area contributed by atoms with Gasteiger partial charge in [0, 0.05) is 12.8 Å². The molecule has 0 aliphatic rings. The first-order valence-corrected chi connectivity index (χ1v) is 37.5. The summed E-state index contributed by atoms with van der Waals surface area (Å²) in [5.41, 5.74) is 0. The largest absolute Gasteiger partial charge is 0.472 e. The number of allylic oxidation sites excluding steroid dienone is 7. The highest BCUT2D eigenvalue weighted by Crippen LogP contribution is 2.43. The summed E-state index contributed by atoms with van der Waals surface area (Å²) in [7, 11) is 1.51. The van der Waals surface area contributed by atoms with Crippen molar-refractivity contribution in [2.24, 2.45) is 0 Å². The third kappa shape index (κ3) is 64.3. The maximum atomic E-state index is 13.6. The fourth-order valence-corrected chi connectivity index (χ4v) is 11.4. The third-order valence-corrected chi connectivity index (χ3v) is 17.2. The SMILES string of the molecule is CCCCC/C=C\C/C=C\CCCCCCCCCCCCCCCCCC(=O)NC(COP(=O)(O)OCC[N+](C)(C)C)C(/C=C\CCCCCCCCCCCCC)OC(=O)CCCCCCCCCCC/C=C/CCCCCCCC. The van der Waals surface area contributed by atoms with E-state index in [2.05, 4.69) is 62.5 Å². The Morgan fingerprint density at radius 3 is 1.12 bits per heavy atom. The molecule has 2 N–H and O–H groups in total. The van der Waals surface area contributed by atoms with Crippen molar-refractivity contribution < 1.29 is 37.3 Å². The predicted molar refractivity (Wildman–Crippen MR) is 360 cm³/mol. The predicted octanol–water partition coefficient (Wildman–Crippen LogP) is 22.8. The van der Waals surface area contributed by atoms with Gasteiger partial charge in [-0.2, -0.15) is 0 Å². The summed E-state index contributed by atoms with van der Waals surface area (Å²) in [5.74, 6) is -0.491. The van der Waals surface area contributed by atoms with E-state index in [0.29, 0.717) is 23.9 Å². The van der Waals surface area contributed by atoms with Crippen LogP contribution < -0.4 is 5.32 Å². The van der Waals surface area contributed by atoms with E-state index in [-0.39, 0.29) is 25.1 Å². The van der Waals surface area contributed by atoms with Gasteiger partial charge in [0.05, 0.1) is 33.8 Å². The normalized spacial score (nSPS) is 13.8. The van der Waals surface area contributed by atoms with E-state index in [0.717, 1.165) is 64.2 Å². The van der Waals surface area contributed by atoms with Crippen LogP contribution in [-0.4, -0.2) is 74.3 Å². The standard InChI is InChI=1S/C73H139N2O7P/c1-7-10-13-16-19-22-25-28-30-32-34-35-36-37-38-39-41-42-44-47-50-53-56-59-62-65-72(76)74-70(69-81-83(78,79)80-68-67-75(4,5)6)71(64-61-58-55-52-49-46-27-24-21-18-15-12-9-3)82-73(77)66-63-60-57-54-51-48-45-43-40-33-31-29-26-23-20-17-14-11-8-2/h19,22,28-31,61,64,70-71H,7-18,20-21,23-27,32-60,62-63,65-69H2,1-6H3,(H-,74,76,78,79)/p+1/b22-19-,30-28-,31-29+,64-61-.